The van der Waals surface area contributed by atoms with Crippen LogP contribution in [0.15, 0.2) is 79.0 Å². The zero-order chi connectivity index (χ0) is 31.4. The number of urea groups is 1. The van der Waals surface area contributed by atoms with Crippen LogP contribution in [0, 0.1) is 18.2 Å². The summed E-state index contributed by atoms with van der Waals surface area (Å²) in [4.78, 5) is 36.3. The second kappa shape index (κ2) is 12.7. The Balaban J connectivity index is 1.41. The van der Waals surface area contributed by atoms with E-state index >= 15 is 0 Å². The summed E-state index contributed by atoms with van der Waals surface area (Å²) in [7, 11) is 0. The van der Waals surface area contributed by atoms with Crippen molar-refractivity contribution < 1.29 is 23.5 Å². The number of aromatic amines is 1. The fraction of sp³-hybridized carbons (Fsp3) is 0.286. The van der Waals surface area contributed by atoms with Gasteiger partial charge in [-0.1, -0.05) is 55.3 Å². The van der Waals surface area contributed by atoms with Crippen LogP contribution >= 0.6 is 0 Å². The third-order valence-electron chi connectivity index (χ3n) is 7.45. The standard InChI is InChI=1S/C35H35FN4O4/c1-6-23-12-17-27(28(36)20-23)29-21-37-32(38-29)31(22(2)24-10-8-7-9-11-24)40-33(41)30(39-34(40)42)25-13-15-26(16-14-25)43-18-19-44-35(3,4)5/h1,7-17,20-22,30-31H,18-19H2,2-5H3,(H,37,38)(H,39,42)/t22-,30+,31-/m0/s1. The zero-order valence-electron chi connectivity index (χ0n) is 25.1. The Morgan fingerprint density at radius 2 is 1.77 bits per heavy atom. The maximum atomic E-state index is 14.9. The highest BCUT2D eigenvalue weighted by molar-refractivity contribution is 6.05. The Bertz CT molecular complexity index is 1670. The molecule has 0 bridgehead atoms. The number of rotatable bonds is 10. The van der Waals surface area contributed by atoms with Gasteiger partial charge in [-0.15, -0.1) is 6.42 Å². The normalized spacial score (nSPS) is 16.4. The van der Waals surface area contributed by atoms with Crippen LogP contribution in [0.1, 0.15) is 68.2 Å². The highest BCUT2D eigenvalue weighted by Gasteiger charge is 2.46. The van der Waals surface area contributed by atoms with Gasteiger partial charge in [0.05, 0.1) is 24.1 Å². The first kappa shape index (κ1) is 30.5. The molecule has 8 nitrogen and oxygen atoms in total. The molecule has 2 heterocycles. The Morgan fingerprint density at radius 3 is 2.43 bits per heavy atom. The van der Waals surface area contributed by atoms with Crippen molar-refractivity contribution in [2.45, 2.75) is 51.3 Å². The largest absolute Gasteiger partial charge is 0.491 e. The summed E-state index contributed by atoms with van der Waals surface area (Å²) in [6.45, 7) is 8.68. The molecule has 2 N–H and O–H groups in total. The van der Waals surface area contributed by atoms with Crippen molar-refractivity contribution in [1.29, 1.82) is 0 Å². The number of imide groups is 1. The van der Waals surface area contributed by atoms with Crippen LogP contribution < -0.4 is 10.1 Å². The summed E-state index contributed by atoms with van der Waals surface area (Å²) in [5.41, 5.74) is 2.36. The summed E-state index contributed by atoms with van der Waals surface area (Å²) < 4.78 is 26.4. The molecule has 0 spiro atoms. The van der Waals surface area contributed by atoms with Gasteiger partial charge in [-0.3, -0.25) is 9.69 Å². The molecule has 226 valence electrons. The van der Waals surface area contributed by atoms with E-state index in [1.165, 1.54) is 17.2 Å². The van der Waals surface area contributed by atoms with Crippen molar-refractivity contribution in [3.8, 4) is 29.4 Å². The lowest BCUT2D eigenvalue weighted by Gasteiger charge is -2.29. The second-order valence-electron chi connectivity index (χ2n) is 11.6. The molecule has 3 aromatic carbocycles. The van der Waals surface area contributed by atoms with Gasteiger partial charge in [-0.25, -0.2) is 14.2 Å². The minimum absolute atomic E-state index is 0.253. The summed E-state index contributed by atoms with van der Waals surface area (Å²) in [6, 6.07) is 18.8. The molecule has 44 heavy (non-hydrogen) atoms. The van der Waals surface area contributed by atoms with E-state index in [9.17, 15) is 14.0 Å². The first-order valence-electron chi connectivity index (χ1n) is 14.4. The van der Waals surface area contributed by atoms with Crippen LogP contribution in [0.3, 0.4) is 0 Å². The summed E-state index contributed by atoms with van der Waals surface area (Å²) in [6.07, 6.45) is 6.91. The SMILES string of the molecule is C#Cc1ccc(-c2cnc([C@H]([C@@H](C)c3ccccc3)N3C(=O)N[C@H](c4ccc(OCCOC(C)(C)C)cc4)C3=O)[nH]2)c(F)c1. The lowest BCUT2D eigenvalue weighted by molar-refractivity contribution is -0.129. The molecule has 1 aromatic heterocycles. The van der Waals surface area contributed by atoms with Gasteiger partial charge in [0.15, 0.2) is 0 Å². The fourth-order valence-corrected chi connectivity index (χ4v) is 5.22. The molecule has 0 aliphatic carbocycles. The molecule has 0 unspecified atom stereocenters. The fourth-order valence-electron chi connectivity index (χ4n) is 5.22. The van der Waals surface area contributed by atoms with Crippen LogP contribution in [0.4, 0.5) is 9.18 Å². The molecule has 1 aliphatic heterocycles. The Morgan fingerprint density at radius 1 is 1.05 bits per heavy atom. The van der Waals surface area contributed by atoms with Gasteiger partial charge in [0.25, 0.3) is 5.91 Å². The third kappa shape index (κ3) is 6.66. The van der Waals surface area contributed by atoms with E-state index in [-0.39, 0.29) is 17.1 Å². The number of hydrogen-bond acceptors (Lipinski definition) is 5. The topological polar surface area (TPSA) is 96.6 Å². The Hall–Kier alpha value is -4.94. The van der Waals surface area contributed by atoms with Crippen LogP contribution in [-0.2, 0) is 9.53 Å². The van der Waals surface area contributed by atoms with E-state index in [0.717, 1.165) is 5.56 Å². The quantitative estimate of drug-likeness (QED) is 0.124. The molecule has 0 radical (unpaired) electrons. The molecular formula is C35H35FN4O4. The number of aromatic nitrogens is 2. The highest BCUT2D eigenvalue weighted by atomic mass is 19.1. The Labute approximate surface area is 256 Å². The predicted octanol–water partition coefficient (Wildman–Crippen LogP) is 6.53. The maximum Gasteiger partial charge on any atom is 0.325 e. The summed E-state index contributed by atoms with van der Waals surface area (Å²) >= 11 is 0. The summed E-state index contributed by atoms with van der Waals surface area (Å²) in [5, 5.41) is 2.83. The van der Waals surface area contributed by atoms with Crippen molar-refractivity contribution in [3.63, 3.8) is 0 Å². The molecule has 0 saturated carbocycles. The predicted molar refractivity (Wildman–Crippen MR) is 165 cm³/mol. The first-order valence-corrected chi connectivity index (χ1v) is 14.4. The average Bonchev–Trinajstić information content (AvgIpc) is 3.60. The number of amides is 3. The Kier molecular flexibility index (Phi) is 8.83. The molecule has 1 saturated heterocycles. The van der Waals surface area contributed by atoms with E-state index in [2.05, 4.69) is 21.2 Å². The van der Waals surface area contributed by atoms with Crippen molar-refractivity contribution in [2.75, 3.05) is 13.2 Å². The first-order chi connectivity index (χ1) is 21.1. The molecule has 3 atom stereocenters. The van der Waals surface area contributed by atoms with Gasteiger partial charge in [0.1, 0.15) is 36.1 Å². The molecule has 3 amide bonds. The van der Waals surface area contributed by atoms with E-state index in [0.29, 0.717) is 41.6 Å². The van der Waals surface area contributed by atoms with Gasteiger partial charge in [0.2, 0.25) is 0 Å². The molecule has 5 rings (SSSR count). The molecule has 1 aliphatic rings. The number of terminal acetylenes is 1. The number of benzene rings is 3. The van der Waals surface area contributed by atoms with Gasteiger partial charge in [-0.2, -0.15) is 0 Å². The number of nitrogens with one attached hydrogen (secondary N) is 2. The molecule has 1 fully saturated rings. The van der Waals surface area contributed by atoms with Crippen molar-refractivity contribution in [2.24, 2.45) is 0 Å². The van der Waals surface area contributed by atoms with Crippen molar-refractivity contribution >= 4 is 11.9 Å². The van der Waals surface area contributed by atoms with E-state index < -0.39 is 29.8 Å². The lowest BCUT2D eigenvalue weighted by atomic mass is 9.91. The number of H-pyrrole nitrogens is 1. The smallest absolute Gasteiger partial charge is 0.325 e. The third-order valence-corrected chi connectivity index (χ3v) is 7.45. The van der Waals surface area contributed by atoms with E-state index in [4.69, 9.17) is 15.9 Å². The van der Waals surface area contributed by atoms with Crippen molar-refractivity contribution in [3.05, 3.63) is 107 Å². The van der Waals surface area contributed by atoms with E-state index in [1.54, 1.807) is 36.4 Å². The molecular weight excluding hydrogens is 559 g/mol. The number of imidazole rings is 1. The second-order valence-corrected chi connectivity index (χ2v) is 11.6. The molecule has 9 heteroatoms. The highest BCUT2D eigenvalue weighted by Crippen LogP contribution is 2.39. The monoisotopic (exact) mass is 594 g/mol. The summed E-state index contributed by atoms with van der Waals surface area (Å²) in [5.74, 6) is 2.13. The number of halogens is 1. The lowest BCUT2D eigenvalue weighted by Crippen LogP contribution is -2.38. The number of nitrogens with zero attached hydrogens (tertiary/aromatic N) is 2. The van der Waals surface area contributed by atoms with Gasteiger partial charge in [0, 0.05) is 17.0 Å². The van der Waals surface area contributed by atoms with Crippen LogP contribution in [0.5, 0.6) is 5.75 Å². The minimum Gasteiger partial charge on any atom is -0.491 e. The number of ether oxygens (including phenoxy) is 2. The zero-order valence-corrected chi connectivity index (χ0v) is 25.1. The van der Waals surface area contributed by atoms with Crippen molar-refractivity contribution in [1.82, 2.24) is 20.2 Å². The number of carbonyl (C=O) groups excluding carboxylic acids is 2. The van der Waals surface area contributed by atoms with Gasteiger partial charge < -0.3 is 19.8 Å². The van der Waals surface area contributed by atoms with E-state index in [1.807, 2.05) is 58.0 Å². The van der Waals surface area contributed by atoms with Crippen LogP contribution in [-0.4, -0.2) is 45.6 Å². The van der Waals surface area contributed by atoms with Gasteiger partial charge in [-0.05, 0) is 62.2 Å². The minimum atomic E-state index is -0.894. The van der Waals surface area contributed by atoms with Crippen LogP contribution in [0.2, 0.25) is 0 Å². The number of hydrogen-bond donors (Lipinski definition) is 2. The molecule has 4 aromatic rings. The average molecular weight is 595 g/mol. The number of carbonyl (C=O) groups is 2. The maximum absolute atomic E-state index is 14.9. The van der Waals surface area contributed by atoms with Gasteiger partial charge >= 0.3 is 6.03 Å². The van der Waals surface area contributed by atoms with Crippen LogP contribution in [0.25, 0.3) is 11.3 Å².